The number of fused-ring (bicyclic) bond motifs is 4. The standard InChI is InChI=1S/C27H29N3O4/c1-27(2)20-14-21-23(33-24(20)19-7-4-8-22(31)25(19)34-27)9-11-30(21)26(32)18-6-3-5-17(13-18)15-29-12-10-28-16-29/h3-8,10,12-13,16,20-21,23-24,31H,9,11,14-15H2,1-2H3/t20-,21-,23-,24+/m1/s1. The third-order valence-corrected chi connectivity index (χ3v) is 7.61. The van der Waals surface area contributed by atoms with Gasteiger partial charge in [0.1, 0.15) is 5.60 Å². The molecule has 0 bridgehead atoms. The number of benzene rings is 2. The Bertz CT molecular complexity index is 1220. The number of likely N-dealkylation sites (tertiary alicyclic amines) is 1. The average Bonchev–Trinajstić information content (AvgIpc) is 3.48. The lowest BCUT2D eigenvalue weighted by Crippen LogP contribution is -2.54. The van der Waals surface area contributed by atoms with Crippen molar-refractivity contribution in [3.05, 3.63) is 77.9 Å². The molecular weight excluding hydrogens is 430 g/mol. The maximum Gasteiger partial charge on any atom is 0.254 e. The molecule has 2 aromatic carbocycles. The number of hydrogen-bond acceptors (Lipinski definition) is 5. The number of phenolic OH excluding ortho intramolecular Hbond substituents is 1. The molecule has 1 aromatic heterocycles. The van der Waals surface area contributed by atoms with E-state index in [1.54, 1.807) is 18.6 Å². The second-order valence-electron chi connectivity index (χ2n) is 10.1. The van der Waals surface area contributed by atoms with Crippen LogP contribution in [0.5, 0.6) is 11.5 Å². The summed E-state index contributed by atoms with van der Waals surface area (Å²) in [5, 5.41) is 10.4. The lowest BCUT2D eigenvalue weighted by atomic mass is 9.74. The highest BCUT2D eigenvalue weighted by Crippen LogP contribution is 2.54. The SMILES string of the molecule is CC1(C)Oc2c(O)cccc2[C@@H]2O[C@@H]3CCN(C(=O)c4cccc(Cn5ccnc5)c4)[C@@H]3C[C@H]21. The molecular formula is C27H29N3O4. The monoisotopic (exact) mass is 459 g/mol. The van der Waals surface area contributed by atoms with Gasteiger partial charge in [-0.2, -0.15) is 0 Å². The molecule has 7 nitrogen and oxygen atoms in total. The summed E-state index contributed by atoms with van der Waals surface area (Å²) in [6, 6.07) is 13.3. The normalized spacial score (nSPS) is 26.8. The van der Waals surface area contributed by atoms with Crippen molar-refractivity contribution in [2.24, 2.45) is 5.92 Å². The van der Waals surface area contributed by atoms with Crippen LogP contribution in [0.15, 0.2) is 61.2 Å². The van der Waals surface area contributed by atoms with E-state index in [0.29, 0.717) is 24.4 Å². The Morgan fingerprint density at radius 1 is 1.24 bits per heavy atom. The average molecular weight is 460 g/mol. The van der Waals surface area contributed by atoms with Gasteiger partial charge in [-0.1, -0.05) is 24.3 Å². The fraction of sp³-hybridized carbons (Fsp3) is 0.407. The Balaban J connectivity index is 1.25. The maximum absolute atomic E-state index is 13.6. The van der Waals surface area contributed by atoms with E-state index in [1.807, 2.05) is 65.9 Å². The van der Waals surface area contributed by atoms with Gasteiger partial charge in [-0.15, -0.1) is 0 Å². The number of ether oxygens (including phenoxy) is 2. The predicted octanol–water partition coefficient (Wildman–Crippen LogP) is 4.17. The van der Waals surface area contributed by atoms with Crippen molar-refractivity contribution in [3.63, 3.8) is 0 Å². The zero-order valence-electron chi connectivity index (χ0n) is 19.4. The summed E-state index contributed by atoms with van der Waals surface area (Å²) in [5.74, 6) is 0.792. The summed E-state index contributed by atoms with van der Waals surface area (Å²) in [5.41, 5.74) is 2.15. The number of aromatic hydroxyl groups is 1. The minimum absolute atomic E-state index is 0.00721. The number of imidazole rings is 1. The quantitative estimate of drug-likeness (QED) is 0.636. The first-order chi connectivity index (χ1) is 16.4. The molecule has 34 heavy (non-hydrogen) atoms. The van der Waals surface area contributed by atoms with Gasteiger partial charge in [0.25, 0.3) is 5.91 Å². The number of rotatable bonds is 3. The Kier molecular flexibility index (Phi) is 4.92. The Hall–Kier alpha value is -3.32. The molecule has 0 radical (unpaired) electrons. The number of nitrogens with zero attached hydrogens (tertiary/aromatic N) is 3. The van der Waals surface area contributed by atoms with Crippen LogP contribution in [0.3, 0.4) is 0 Å². The summed E-state index contributed by atoms with van der Waals surface area (Å²) in [4.78, 5) is 19.7. The van der Waals surface area contributed by atoms with Gasteiger partial charge in [0.05, 0.1) is 24.6 Å². The number of aromatic nitrogens is 2. The van der Waals surface area contributed by atoms with Gasteiger partial charge in [-0.25, -0.2) is 4.98 Å². The van der Waals surface area contributed by atoms with Crippen molar-refractivity contribution in [1.82, 2.24) is 14.5 Å². The molecule has 3 aromatic rings. The Labute approximate surface area is 198 Å². The molecule has 7 heteroatoms. The molecule has 6 rings (SSSR count). The molecule has 0 spiro atoms. The van der Waals surface area contributed by atoms with E-state index >= 15 is 0 Å². The minimum atomic E-state index is -0.524. The van der Waals surface area contributed by atoms with Crippen LogP contribution in [0.1, 0.15) is 54.3 Å². The number of carbonyl (C=O) groups is 1. The summed E-state index contributed by atoms with van der Waals surface area (Å²) < 4.78 is 14.9. The summed E-state index contributed by atoms with van der Waals surface area (Å²) in [7, 11) is 0. The van der Waals surface area contributed by atoms with Crippen molar-refractivity contribution in [1.29, 1.82) is 0 Å². The highest BCUT2D eigenvalue weighted by atomic mass is 16.5. The molecule has 1 amide bonds. The second-order valence-corrected chi connectivity index (χ2v) is 10.1. The van der Waals surface area contributed by atoms with E-state index in [-0.39, 0.29) is 35.8 Å². The molecule has 2 saturated heterocycles. The number of phenols is 1. The van der Waals surface area contributed by atoms with Gasteiger partial charge in [0.2, 0.25) is 0 Å². The smallest absolute Gasteiger partial charge is 0.254 e. The first kappa shape index (κ1) is 21.2. The summed E-state index contributed by atoms with van der Waals surface area (Å²) >= 11 is 0. The fourth-order valence-electron chi connectivity index (χ4n) is 5.90. The van der Waals surface area contributed by atoms with Crippen LogP contribution in [0.4, 0.5) is 0 Å². The van der Waals surface area contributed by atoms with Crippen LogP contribution < -0.4 is 4.74 Å². The van der Waals surface area contributed by atoms with Crippen molar-refractivity contribution >= 4 is 5.91 Å². The molecule has 0 saturated carbocycles. The number of carbonyl (C=O) groups excluding carboxylic acids is 1. The largest absolute Gasteiger partial charge is 0.504 e. The molecule has 0 unspecified atom stereocenters. The van der Waals surface area contributed by atoms with Crippen LogP contribution in [-0.2, 0) is 11.3 Å². The van der Waals surface area contributed by atoms with Crippen molar-refractivity contribution < 1.29 is 19.4 Å². The van der Waals surface area contributed by atoms with Crippen molar-refractivity contribution in [2.75, 3.05) is 6.54 Å². The lowest BCUT2D eigenvalue weighted by Gasteiger charge is -2.50. The van der Waals surface area contributed by atoms with Gasteiger partial charge in [0, 0.05) is 42.5 Å². The van der Waals surface area contributed by atoms with E-state index in [0.717, 1.165) is 24.0 Å². The zero-order valence-corrected chi connectivity index (χ0v) is 19.4. The van der Waals surface area contributed by atoms with Crippen LogP contribution in [0.2, 0.25) is 0 Å². The van der Waals surface area contributed by atoms with Crippen LogP contribution >= 0.6 is 0 Å². The van der Waals surface area contributed by atoms with E-state index in [2.05, 4.69) is 4.98 Å². The van der Waals surface area contributed by atoms with E-state index in [4.69, 9.17) is 9.47 Å². The molecule has 3 aliphatic rings. The maximum atomic E-state index is 13.6. The summed E-state index contributed by atoms with van der Waals surface area (Å²) in [6.45, 7) is 5.44. The molecule has 176 valence electrons. The highest BCUT2D eigenvalue weighted by molar-refractivity contribution is 5.94. The van der Waals surface area contributed by atoms with Crippen LogP contribution in [0, 0.1) is 5.92 Å². The third-order valence-electron chi connectivity index (χ3n) is 7.61. The van der Waals surface area contributed by atoms with Gasteiger partial charge in [0.15, 0.2) is 11.5 Å². The lowest BCUT2D eigenvalue weighted by molar-refractivity contribution is -0.160. The van der Waals surface area contributed by atoms with Crippen molar-refractivity contribution in [2.45, 2.75) is 57.1 Å². The Morgan fingerprint density at radius 3 is 2.91 bits per heavy atom. The minimum Gasteiger partial charge on any atom is -0.504 e. The number of amides is 1. The van der Waals surface area contributed by atoms with Crippen LogP contribution in [0.25, 0.3) is 0 Å². The highest BCUT2D eigenvalue weighted by Gasteiger charge is 2.54. The van der Waals surface area contributed by atoms with Gasteiger partial charge in [-0.05, 0) is 50.5 Å². The van der Waals surface area contributed by atoms with Gasteiger partial charge >= 0.3 is 0 Å². The molecule has 4 heterocycles. The molecule has 1 N–H and O–H groups in total. The van der Waals surface area contributed by atoms with E-state index < -0.39 is 5.60 Å². The molecule has 2 fully saturated rings. The first-order valence-electron chi connectivity index (χ1n) is 11.9. The van der Waals surface area contributed by atoms with Crippen LogP contribution in [-0.4, -0.2) is 49.8 Å². The molecule has 0 aliphatic carbocycles. The van der Waals surface area contributed by atoms with Crippen molar-refractivity contribution in [3.8, 4) is 11.5 Å². The number of hydrogen-bond donors (Lipinski definition) is 1. The Morgan fingerprint density at radius 2 is 2.09 bits per heavy atom. The summed E-state index contributed by atoms with van der Waals surface area (Å²) in [6.07, 6.45) is 6.89. The van der Waals surface area contributed by atoms with E-state index in [1.165, 1.54) is 0 Å². The molecule has 3 aliphatic heterocycles. The topological polar surface area (TPSA) is 76.8 Å². The van der Waals surface area contributed by atoms with Gasteiger partial charge < -0.3 is 24.0 Å². The second kappa shape index (κ2) is 7.87. The number of para-hydroxylation sites is 1. The van der Waals surface area contributed by atoms with Gasteiger partial charge in [-0.3, -0.25) is 4.79 Å². The third kappa shape index (κ3) is 3.46. The first-order valence-corrected chi connectivity index (χ1v) is 11.9. The predicted molar refractivity (Wildman–Crippen MR) is 126 cm³/mol. The van der Waals surface area contributed by atoms with E-state index in [9.17, 15) is 9.90 Å². The fourth-order valence-corrected chi connectivity index (χ4v) is 5.90. The zero-order chi connectivity index (χ0) is 23.4. The molecule has 4 atom stereocenters.